The lowest BCUT2D eigenvalue weighted by atomic mass is 10.1. The quantitative estimate of drug-likeness (QED) is 0.596. The molecule has 1 aliphatic heterocycles. The fourth-order valence-electron chi connectivity index (χ4n) is 3.56. The number of nitrogens with zero attached hydrogens (tertiary/aromatic N) is 1. The van der Waals surface area contributed by atoms with Gasteiger partial charge in [0.15, 0.2) is 0 Å². The minimum atomic E-state index is -3.38. The second-order valence-electron chi connectivity index (χ2n) is 7.51. The van der Waals surface area contributed by atoms with Gasteiger partial charge in [-0.3, -0.25) is 9.52 Å². The van der Waals surface area contributed by atoms with E-state index in [0.717, 1.165) is 30.7 Å². The van der Waals surface area contributed by atoms with E-state index in [-0.39, 0.29) is 5.91 Å². The number of rotatable bonds is 9. The highest BCUT2D eigenvalue weighted by Gasteiger charge is 2.16. The molecule has 0 unspecified atom stereocenters. The summed E-state index contributed by atoms with van der Waals surface area (Å²) >= 11 is 0. The fourth-order valence-corrected chi connectivity index (χ4v) is 4.11. The van der Waals surface area contributed by atoms with Gasteiger partial charge < -0.3 is 15.0 Å². The minimum absolute atomic E-state index is 0.251. The average Bonchev–Trinajstić information content (AvgIpc) is 3.22. The van der Waals surface area contributed by atoms with Crippen molar-refractivity contribution >= 4 is 27.3 Å². The van der Waals surface area contributed by atoms with E-state index in [1.54, 1.807) is 18.2 Å². The lowest BCUT2D eigenvalue weighted by molar-refractivity contribution is 0.0951. The van der Waals surface area contributed by atoms with Gasteiger partial charge in [0.2, 0.25) is 10.0 Å². The van der Waals surface area contributed by atoms with E-state index >= 15 is 0 Å². The van der Waals surface area contributed by atoms with Gasteiger partial charge in [-0.25, -0.2) is 8.42 Å². The molecule has 1 fully saturated rings. The molecule has 0 spiro atoms. The number of nitrogens with one attached hydrogen (secondary N) is 2. The molecule has 2 aromatic rings. The van der Waals surface area contributed by atoms with Crippen LogP contribution in [0.4, 0.5) is 11.4 Å². The Morgan fingerprint density at radius 3 is 2.60 bits per heavy atom. The Hall–Kier alpha value is -2.74. The van der Waals surface area contributed by atoms with E-state index in [0.29, 0.717) is 30.8 Å². The van der Waals surface area contributed by atoms with Gasteiger partial charge in [0.05, 0.1) is 12.9 Å². The van der Waals surface area contributed by atoms with Crippen LogP contribution in [0.25, 0.3) is 0 Å². The molecule has 0 radical (unpaired) electrons. The van der Waals surface area contributed by atoms with Crippen molar-refractivity contribution < 1.29 is 17.9 Å². The summed E-state index contributed by atoms with van der Waals surface area (Å²) in [5.41, 5.74) is 3.15. The van der Waals surface area contributed by atoms with Gasteiger partial charge in [-0.1, -0.05) is 12.1 Å². The van der Waals surface area contributed by atoms with E-state index in [9.17, 15) is 13.2 Å². The van der Waals surface area contributed by atoms with Gasteiger partial charge in [0.1, 0.15) is 5.75 Å². The number of sulfonamides is 1. The van der Waals surface area contributed by atoms with Crippen LogP contribution in [0.1, 0.15) is 35.2 Å². The second-order valence-corrected chi connectivity index (χ2v) is 9.26. The van der Waals surface area contributed by atoms with Gasteiger partial charge >= 0.3 is 0 Å². The van der Waals surface area contributed by atoms with E-state index in [2.05, 4.69) is 27.9 Å². The van der Waals surface area contributed by atoms with E-state index < -0.39 is 10.0 Å². The zero-order valence-corrected chi connectivity index (χ0v) is 18.3. The molecule has 1 aliphatic rings. The monoisotopic (exact) mass is 431 g/mol. The third kappa shape index (κ3) is 6.13. The Balaban J connectivity index is 1.46. The van der Waals surface area contributed by atoms with Gasteiger partial charge in [-0.2, -0.15) is 0 Å². The van der Waals surface area contributed by atoms with Crippen LogP contribution in [0.15, 0.2) is 42.5 Å². The molecule has 162 valence electrons. The molecule has 1 heterocycles. The van der Waals surface area contributed by atoms with Crippen LogP contribution in [-0.2, 0) is 10.0 Å². The van der Waals surface area contributed by atoms with Crippen LogP contribution in [0.3, 0.4) is 0 Å². The summed E-state index contributed by atoms with van der Waals surface area (Å²) in [4.78, 5) is 14.7. The zero-order valence-electron chi connectivity index (χ0n) is 17.5. The van der Waals surface area contributed by atoms with Crippen molar-refractivity contribution in [1.29, 1.82) is 0 Å². The lowest BCUT2D eigenvalue weighted by Gasteiger charge is -2.21. The normalized spacial score (nSPS) is 13.9. The summed E-state index contributed by atoms with van der Waals surface area (Å²) in [7, 11) is -3.38. The van der Waals surface area contributed by atoms with Crippen LogP contribution in [0, 0.1) is 6.92 Å². The number of anilines is 2. The molecular weight excluding hydrogens is 402 g/mol. The van der Waals surface area contributed by atoms with E-state index in [4.69, 9.17) is 4.74 Å². The Labute approximate surface area is 178 Å². The number of benzene rings is 2. The van der Waals surface area contributed by atoms with Crippen LogP contribution < -0.4 is 19.7 Å². The summed E-state index contributed by atoms with van der Waals surface area (Å²) in [5, 5.41) is 2.84. The lowest BCUT2D eigenvalue weighted by Crippen LogP contribution is -2.25. The van der Waals surface area contributed by atoms with Gasteiger partial charge in [0, 0.05) is 42.1 Å². The van der Waals surface area contributed by atoms with Crippen LogP contribution in [0.2, 0.25) is 0 Å². The highest BCUT2D eigenvalue weighted by Crippen LogP contribution is 2.30. The Morgan fingerprint density at radius 2 is 1.87 bits per heavy atom. The minimum Gasteiger partial charge on any atom is -0.493 e. The summed E-state index contributed by atoms with van der Waals surface area (Å²) in [6.07, 6.45) is 4.21. The largest absolute Gasteiger partial charge is 0.493 e. The Bertz CT molecular complexity index is 986. The molecule has 0 bridgehead atoms. The first kappa shape index (κ1) is 22.0. The molecule has 3 rings (SSSR count). The van der Waals surface area contributed by atoms with Gasteiger partial charge in [-0.05, 0) is 56.5 Å². The third-order valence-electron chi connectivity index (χ3n) is 4.99. The van der Waals surface area contributed by atoms with Crippen LogP contribution in [-0.4, -0.2) is 46.8 Å². The Morgan fingerprint density at radius 1 is 1.13 bits per heavy atom. The average molecular weight is 432 g/mol. The van der Waals surface area contributed by atoms with Crippen molar-refractivity contribution in [3.05, 3.63) is 53.6 Å². The number of hydrogen-bond acceptors (Lipinski definition) is 5. The topological polar surface area (TPSA) is 87.7 Å². The first-order valence-electron chi connectivity index (χ1n) is 10.2. The van der Waals surface area contributed by atoms with E-state index in [1.165, 1.54) is 24.6 Å². The van der Waals surface area contributed by atoms with Crippen molar-refractivity contribution in [2.24, 2.45) is 0 Å². The maximum atomic E-state index is 12.3. The van der Waals surface area contributed by atoms with Crippen LogP contribution >= 0.6 is 0 Å². The molecule has 0 aromatic heterocycles. The number of carbonyl (C=O) groups excluding carboxylic acids is 1. The molecule has 1 amide bonds. The fraction of sp³-hybridized carbons (Fsp3) is 0.409. The molecule has 2 N–H and O–H groups in total. The van der Waals surface area contributed by atoms with Gasteiger partial charge in [0.25, 0.3) is 5.91 Å². The summed E-state index contributed by atoms with van der Waals surface area (Å²) in [6, 6.07) is 12.5. The predicted molar refractivity (Wildman–Crippen MR) is 120 cm³/mol. The maximum absolute atomic E-state index is 12.3. The SMILES string of the molecule is Cc1c(OCCCNC(=O)c2cccc(NS(C)(=O)=O)c2)cccc1N1CCCC1. The standard InChI is InChI=1S/C22H29N3O4S/c1-17-20(25-13-3-4-14-25)10-6-11-21(17)29-15-7-12-23-22(26)18-8-5-9-19(16-18)24-30(2,27)28/h5-6,8-11,16,24H,3-4,7,12-15H2,1-2H3,(H,23,26). The molecule has 2 aromatic carbocycles. The molecule has 8 heteroatoms. The van der Waals surface area contributed by atoms with Crippen molar-refractivity contribution in [2.45, 2.75) is 26.2 Å². The van der Waals surface area contributed by atoms with Crippen molar-refractivity contribution in [2.75, 3.05) is 42.1 Å². The first-order valence-corrected chi connectivity index (χ1v) is 12.1. The Kier molecular flexibility index (Phi) is 7.20. The van der Waals surface area contributed by atoms with Crippen LogP contribution in [0.5, 0.6) is 5.75 Å². The predicted octanol–water partition coefficient (Wildman–Crippen LogP) is 3.17. The van der Waals surface area contributed by atoms with Crippen molar-refractivity contribution in [3.8, 4) is 5.75 Å². The number of carbonyl (C=O) groups is 1. The third-order valence-corrected chi connectivity index (χ3v) is 5.60. The first-order chi connectivity index (χ1) is 14.3. The number of ether oxygens (including phenoxy) is 1. The second kappa shape index (κ2) is 9.84. The smallest absolute Gasteiger partial charge is 0.251 e. The molecule has 0 saturated carbocycles. The van der Waals surface area contributed by atoms with Gasteiger partial charge in [-0.15, -0.1) is 0 Å². The summed E-state index contributed by atoms with van der Waals surface area (Å²) in [6.45, 7) is 5.24. The number of amides is 1. The highest BCUT2D eigenvalue weighted by atomic mass is 32.2. The summed E-state index contributed by atoms with van der Waals surface area (Å²) < 4.78 is 31.0. The maximum Gasteiger partial charge on any atom is 0.251 e. The molecule has 0 atom stereocenters. The van der Waals surface area contributed by atoms with Crippen molar-refractivity contribution in [3.63, 3.8) is 0 Å². The molecule has 0 aliphatic carbocycles. The molecule has 7 nitrogen and oxygen atoms in total. The zero-order chi connectivity index (χ0) is 21.6. The molecular formula is C22H29N3O4S. The highest BCUT2D eigenvalue weighted by molar-refractivity contribution is 7.92. The molecule has 1 saturated heterocycles. The van der Waals surface area contributed by atoms with Crippen molar-refractivity contribution in [1.82, 2.24) is 5.32 Å². The van der Waals surface area contributed by atoms with E-state index in [1.807, 2.05) is 12.1 Å². The number of hydrogen-bond donors (Lipinski definition) is 2. The molecule has 30 heavy (non-hydrogen) atoms. The summed E-state index contributed by atoms with van der Waals surface area (Å²) in [5.74, 6) is 0.629.